The number of aromatic amines is 1. The molecule has 8 heteroatoms. The normalized spacial score (nSPS) is 17.9. The van der Waals surface area contributed by atoms with Crippen molar-refractivity contribution < 1.29 is 4.79 Å². The van der Waals surface area contributed by atoms with E-state index in [-0.39, 0.29) is 17.4 Å². The summed E-state index contributed by atoms with van der Waals surface area (Å²) < 4.78 is 0. The third-order valence-corrected chi connectivity index (χ3v) is 7.68. The second-order valence-corrected chi connectivity index (χ2v) is 10.3. The third kappa shape index (κ3) is 6.49. The predicted octanol–water partition coefficient (Wildman–Crippen LogP) is 2.93. The summed E-state index contributed by atoms with van der Waals surface area (Å²) in [5.41, 5.74) is 3.09. The van der Waals surface area contributed by atoms with E-state index in [1.807, 2.05) is 35.2 Å². The minimum Gasteiger partial charge on any atom is -0.339 e. The molecule has 2 saturated heterocycles. The molecule has 0 unspecified atom stereocenters. The Kier molecular flexibility index (Phi) is 8.51. The van der Waals surface area contributed by atoms with Crippen molar-refractivity contribution in [1.82, 2.24) is 24.7 Å². The van der Waals surface area contributed by atoms with Gasteiger partial charge in [-0.25, -0.2) is 4.98 Å². The number of carbonyl (C=O) groups is 1. The average Bonchev–Trinajstić information content (AvgIpc) is 2.95. The van der Waals surface area contributed by atoms with Crippen LogP contribution in [0.4, 0.5) is 5.95 Å². The van der Waals surface area contributed by atoms with Gasteiger partial charge < -0.3 is 9.80 Å². The molecule has 200 valence electrons. The van der Waals surface area contributed by atoms with E-state index in [2.05, 4.69) is 56.9 Å². The van der Waals surface area contributed by atoms with Crippen molar-refractivity contribution in [3.05, 3.63) is 93.9 Å². The Balaban J connectivity index is 1.15. The van der Waals surface area contributed by atoms with Crippen molar-refractivity contribution >= 4 is 11.9 Å². The first-order valence-electron chi connectivity index (χ1n) is 13.8. The van der Waals surface area contributed by atoms with E-state index >= 15 is 0 Å². The lowest BCUT2D eigenvalue weighted by Gasteiger charge is -2.37. The van der Waals surface area contributed by atoms with Crippen molar-refractivity contribution in [2.45, 2.75) is 32.4 Å². The highest BCUT2D eigenvalue weighted by Gasteiger charge is 2.28. The molecule has 1 atom stereocenters. The van der Waals surface area contributed by atoms with Crippen LogP contribution in [-0.4, -0.2) is 82.9 Å². The number of rotatable bonds is 8. The summed E-state index contributed by atoms with van der Waals surface area (Å²) in [4.78, 5) is 42.4. The molecular weight excluding hydrogens is 476 g/mol. The highest BCUT2D eigenvalue weighted by molar-refractivity contribution is 5.84. The van der Waals surface area contributed by atoms with E-state index in [4.69, 9.17) is 4.98 Å². The molecule has 38 heavy (non-hydrogen) atoms. The first-order valence-corrected chi connectivity index (χ1v) is 13.8. The lowest BCUT2D eigenvalue weighted by Crippen LogP contribution is -2.50. The Morgan fingerprint density at radius 2 is 1.45 bits per heavy atom. The smallest absolute Gasteiger partial charge is 0.252 e. The number of anilines is 1. The van der Waals surface area contributed by atoms with Crippen LogP contribution in [0.1, 0.15) is 36.1 Å². The van der Waals surface area contributed by atoms with Crippen molar-refractivity contribution in [2.24, 2.45) is 0 Å². The van der Waals surface area contributed by atoms with Gasteiger partial charge in [0.2, 0.25) is 11.9 Å². The summed E-state index contributed by atoms with van der Waals surface area (Å²) in [6, 6.07) is 22.2. The number of hydrogen-bond acceptors (Lipinski definition) is 6. The largest absolute Gasteiger partial charge is 0.339 e. The van der Waals surface area contributed by atoms with Gasteiger partial charge >= 0.3 is 0 Å². The van der Waals surface area contributed by atoms with E-state index in [0.29, 0.717) is 38.7 Å². The third-order valence-electron chi connectivity index (χ3n) is 7.68. The van der Waals surface area contributed by atoms with Crippen molar-refractivity contribution in [3.8, 4) is 0 Å². The molecule has 1 amide bonds. The first kappa shape index (κ1) is 26.1. The fraction of sp³-hybridized carbons (Fsp3) is 0.433. The monoisotopic (exact) mass is 514 g/mol. The topological polar surface area (TPSA) is 75.8 Å². The van der Waals surface area contributed by atoms with E-state index < -0.39 is 0 Å². The van der Waals surface area contributed by atoms with E-state index in [1.165, 1.54) is 5.56 Å². The zero-order chi connectivity index (χ0) is 26.3. The fourth-order valence-electron chi connectivity index (χ4n) is 5.50. The van der Waals surface area contributed by atoms with Gasteiger partial charge in [0.25, 0.3) is 5.56 Å². The molecule has 0 radical (unpaired) electrons. The van der Waals surface area contributed by atoms with Crippen molar-refractivity contribution in [1.29, 1.82) is 0 Å². The Hall–Kier alpha value is -3.49. The van der Waals surface area contributed by atoms with Crippen molar-refractivity contribution in [3.63, 3.8) is 0 Å². The Labute approximate surface area is 224 Å². The molecule has 2 fully saturated rings. The summed E-state index contributed by atoms with van der Waals surface area (Å²) in [7, 11) is 0. The summed E-state index contributed by atoms with van der Waals surface area (Å²) >= 11 is 0. The highest BCUT2D eigenvalue weighted by atomic mass is 16.2. The van der Waals surface area contributed by atoms with E-state index in [0.717, 1.165) is 50.4 Å². The molecule has 2 aliphatic rings. The molecule has 2 aliphatic heterocycles. The summed E-state index contributed by atoms with van der Waals surface area (Å²) in [6.45, 7) is 10.2. The van der Waals surface area contributed by atoms with Gasteiger partial charge in [0.15, 0.2) is 0 Å². The van der Waals surface area contributed by atoms with Crippen LogP contribution in [0.2, 0.25) is 0 Å². The SMILES string of the molecule is CC[C@H](C(=O)N1CCN(c2nc(CN3CCN(Cc4ccccc4)CC3)cc(=O)[nH]2)CC1)c1ccccc1. The van der Waals surface area contributed by atoms with Gasteiger partial charge in [-0.3, -0.25) is 24.4 Å². The second kappa shape index (κ2) is 12.4. The summed E-state index contributed by atoms with van der Waals surface area (Å²) in [5.74, 6) is 0.676. The van der Waals surface area contributed by atoms with E-state index in [9.17, 15) is 9.59 Å². The number of amides is 1. The van der Waals surface area contributed by atoms with Gasteiger partial charge in [-0.1, -0.05) is 67.6 Å². The maximum Gasteiger partial charge on any atom is 0.252 e. The number of nitrogens with one attached hydrogen (secondary N) is 1. The molecule has 0 saturated carbocycles. The minimum atomic E-state index is -0.124. The van der Waals surface area contributed by atoms with Crippen LogP contribution in [0.25, 0.3) is 0 Å². The first-order chi connectivity index (χ1) is 18.6. The molecular formula is C30H38N6O2. The van der Waals surface area contributed by atoms with Crippen LogP contribution < -0.4 is 10.5 Å². The predicted molar refractivity (Wildman–Crippen MR) is 150 cm³/mol. The number of nitrogens with zero attached hydrogens (tertiary/aromatic N) is 5. The molecule has 0 spiro atoms. The van der Waals surface area contributed by atoms with Crippen LogP contribution in [-0.2, 0) is 17.9 Å². The molecule has 2 aromatic carbocycles. The molecule has 3 aromatic rings. The lowest BCUT2D eigenvalue weighted by molar-refractivity contribution is -0.133. The number of carbonyl (C=O) groups excluding carboxylic acids is 1. The number of benzene rings is 2. The molecule has 1 N–H and O–H groups in total. The molecule has 0 bridgehead atoms. The number of hydrogen-bond donors (Lipinski definition) is 1. The zero-order valence-electron chi connectivity index (χ0n) is 22.3. The maximum absolute atomic E-state index is 13.3. The van der Waals surface area contributed by atoms with Crippen LogP contribution in [0, 0.1) is 0 Å². The Morgan fingerprint density at radius 1 is 0.842 bits per heavy atom. The molecule has 1 aromatic heterocycles. The van der Waals surface area contributed by atoms with Crippen molar-refractivity contribution in [2.75, 3.05) is 57.3 Å². The fourth-order valence-corrected chi connectivity index (χ4v) is 5.50. The zero-order valence-corrected chi connectivity index (χ0v) is 22.3. The van der Waals surface area contributed by atoms with Crippen LogP contribution in [0.5, 0.6) is 0 Å². The van der Waals surface area contributed by atoms with Gasteiger partial charge in [0, 0.05) is 71.5 Å². The van der Waals surface area contributed by atoms with Crippen LogP contribution in [0.3, 0.4) is 0 Å². The average molecular weight is 515 g/mol. The number of piperazine rings is 2. The van der Waals surface area contributed by atoms with Gasteiger partial charge in [-0.05, 0) is 17.5 Å². The lowest BCUT2D eigenvalue weighted by atomic mass is 9.95. The van der Waals surface area contributed by atoms with Crippen LogP contribution >= 0.6 is 0 Å². The van der Waals surface area contributed by atoms with Gasteiger partial charge in [-0.2, -0.15) is 0 Å². The molecule has 5 rings (SSSR count). The maximum atomic E-state index is 13.3. The molecule has 0 aliphatic carbocycles. The quantitative estimate of drug-likeness (QED) is 0.498. The Bertz CT molecular complexity index is 1230. The summed E-state index contributed by atoms with van der Waals surface area (Å²) in [6.07, 6.45) is 0.778. The standard InChI is InChI=1S/C30H38N6O2/c1-2-27(25-11-7-4-8-12-25)29(38)35-17-19-36(20-18-35)30-31-26(21-28(37)32-30)23-34-15-13-33(14-16-34)22-24-9-5-3-6-10-24/h3-12,21,27H,2,13-20,22-23H2,1H3,(H,31,32,37)/t27-/m0/s1. The second-order valence-electron chi connectivity index (χ2n) is 10.3. The van der Waals surface area contributed by atoms with Gasteiger partial charge in [0.1, 0.15) is 0 Å². The van der Waals surface area contributed by atoms with E-state index in [1.54, 1.807) is 6.07 Å². The highest BCUT2D eigenvalue weighted by Crippen LogP contribution is 2.23. The molecule has 3 heterocycles. The van der Waals surface area contributed by atoms with Gasteiger partial charge in [-0.15, -0.1) is 0 Å². The summed E-state index contributed by atoms with van der Waals surface area (Å²) in [5, 5.41) is 0. The number of aromatic nitrogens is 2. The Morgan fingerprint density at radius 3 is 2.08 bits per heavy atom. The number of H-pyrrole nitrogens is 1. The minimum absolute atomic E-state index is 0.114. The van der Waals surface area contributed by atoms with Gasteiger partial charge in [0.05, 0.1) is 11.6 Å². The van der Waals surface area contributed by atoms with Crippen LogP contribution in [0.15, 0.2) is 71.5 Å². The molecule has 8 nitrogen and oxygen atoms in total.